The Kier molecular flexibility index (Phi) is 9.77. The predicted molar refractivity (Wildman–Crippen MR) is 93.6 cm³/mol. The minimum Gasteiger partial charge on any atom is -0.466 e. The van der Waals surface area contributed by atoms with Gasteiger partial charge in [-0.15, -0.1) is 0 Å². The number of halogens is 1. The highest BCUT2D eigenvalue weighted by Crippen LogP contribution is 2.07. The van der Waals surface area contributed by atoms with Crippen molar-refractivity contribution in [1.29, 1.82) is 0 Å². The van der Waals surface area contributed by atoms with Gasteiger partial charge in [0, 0.05) is 19.7 Å². The van der Waals surface area contributed by atoms with E-state index in [0.717, 1.165) is 5.56 Å². The van der Waals surface area contributed by atoms with Gasteiger partial charge in [0.2, 0.25) is 5.91 Å². The van der Waals surface area contributed by atoms with Crippen molar-refractivity contribution in [3.63, 3.8) is 0 Å². The van der Waals surface area contributed by atoms with E-state index >= 15 is 0 Å². The summed E-state index contributed by atoms with van der Waals surface area (Å²) in [6.45, 7) is 7.35. The molecule has 1 amide bonds. The average molecular weight is 353 g/mol. The van der Waals surface area contributed by atoms with Gasteiger partial charge >= 0.3 is 5.97 Å². The van der Waals surface area contributed by atoms with E-state index in [1.54, 1.807) is 24.0 Å². The normalized spacial score (nSPS) is 10.8. The van der Waals surface area contributed by atoms with Gasteiger partial charge in [-0.1, -0.05) is 12.1 Å². The number of nitrogens with zero attached hydrogens (tertiary/aromatic N) is 1. The first-order valence-electron chi connectivity index (χ1n) is 8.71. The molecule has 5 nitrogen and oxygen atoms in total. The first-order valence-corrected chi connectivity index (χ1v) is 8.71. The lowest BCUT2D eigenvalue weighted by atomic mass is 10.1. The Labute approximate surface area is 149 Å². The Balaban J connectivity index is 2.58. The molecule has 1 aromatic rings. The molecule has 1 rings (SSSR count). The monoisotopic (exact) mass is 353 g/mol. The first-order chi connectivity index (χ1) is 11.9. The second-order valence-electron chi connectivity index (χ2n) is 6.01. The summed E-state index contributed by atoms with van der Waals surface area (Å²) in [6.07, 6.45) is 1.17. The molecule has 0 atom stereocenters. The van der Waals surface area contributed by atoms with Crippen LogP contribution in [0.5, 0.6) is 0 Å². The molecule has 0 spiro atoms. The maximum atomic E-state index is 13.0. The van der Waals surface area contributed by atoms with Crippen LogP contribution in [-0.4, -0.2) is 49.2 Å². The first kappa shape index (κ1) is 21.1. The number of carbonyl (C=O) groups excluding carboxylic acids is 2. The fourth-order valence-electron chi connectivity index (χ4n) is 2.28. The van der Waals surface area contributed by atoms with Crippen LogP contribution in [0.2, 0.25) is 0 Å². The lowest BCUT2D eigenvalue weighted by Crippen LogP contribution is -2.35. The van der Waals surface area contributed by atoms with Gasteiger partial charge in [0.1, 0.15) is 5.82 Å². The van der Waals surface area contributed by atoms with Gasteiger partial charge in [-0.2, -0.15) is 0 Å². The van der Waals surface area contributed by atoms with Crippen LogP contribution >= 0.6 is 0 Å². The summed E-state index contributed by atoms with van der Waals surface area (Å²) >= 11 is 0. The molecule has 0 unspecified atom stereocenters. The summed E-state index contributed by atoms with van der Waals surface area (Å²) in [6, 6.07) is 5.86. The Morgan fingerprint density at radius 2 is 1.84 bits per heavy atom. The maximum absolute atomic E-state index is 13.0. The summed E-state index contributed by atoms with van der Waals surface area (Å²) in [7, 11) is 0. The molecular formula is C19H28FNO4. The number of esters is 1. The van der Waals surface area contributed by atoms with Crippen LogP contribution in [0.4, 0.5) is 4.39 Å². The molecule has 0 aliphatic heterocycles. The van der Waals surface area contributed by atoms with E-state index in [9.17, 15) is 14.0 Å². The van der Waals surface area contributed by atoms with Crippen molar-refractivity contribution in [2.24, 2.45) is 0 Å². The summed E-state index contributed by atoms with van der Waals surface area (Å²) in [4.78, 5) is 25.7. The molecule has 0 saturated carbocycles. The summed E-state index contributed by atoms with van der Waals surface area (Å²) in [5.74, 6) is -0.748. The molecule has 6 heteroatoms. The molecule has 140 valence electrons. The van der Waals surface area contributed by atoms with Gasteiger partial charge in [-0.25, -0.2) is 4.39 Å². The van der Waals surface area contributed by atoms with Crippen LogP contribution in [0.15, 0.2) is 24.3 Å². The number of ether oxygens (including phenoxy) is 2. The summed E-state index contributed by atoms with van der Waals surface area (Å²) < 4.78 is 23.4. The third-order valence-electron chi connectivity index (χ3n) is 3.54. The maximum Gasteiger partial charge on any atom is 0.307 e. The van der Waals surface area contributed by atoms with Crippen molar-refractivity contribution >= 4 is 11.9 Å². The number of hydrogen-bond acceptors (Lipinski definition) is 4. The fourth-order valence-corrected chi connectivity index (χ4v) is 2.28. The summed E-state index contributed by atoms with van der Waals surface area (Å²) in [5.41, 5.74) is 0.742. The number of benzene rings is 1. The molecular weight excluding hydrogens is 325 g/mol. The third kappa shape index (κ3) is 9.19. The van der Waals surface area contributed by atoms with Crippen LogP contribution < -0.4 is 0 Å². The molecule has 0 aromatic heterocycles. The molecule has 0 fully saturated rings. The van der Waals surface area contributed by atoms with Crippen LogP contribution in [-0.2, 0) is 25.5 Å². The Morgan fingerprint density at radius 3 is 2.44 bits per heavy atom. The smallest absolute Gasteiger partial charge is 0.307 e. The molecule has 0 heterocycles. The number of carbonyl (C=O) groups is 2. The van der Waals surface area contributed by atoms with Crippen LogP contribution in [0.1, 0.15) is 39.2 Å². The zero-order valence-corrected chi connectivity index (χ0v) is 15.3. The molecule has 0 bridgehead atoms. The summed E-state index contributed by atoms with van der Waals surface area (Å²) in [5, 5.41) is 0. The second-order valence-corrected chi connectivity index (χ2v) is 6.01. The Bertz CT molecular complexity index is 531. The van der Waals surface area contributed by atoms with Crippen LogP contribution in [0.25, 0.3) is 0 Å². The second kappa shape index (κ2) is 11.6. The van der Waals surface area contributed by atoms with Crippen molar-refractivity contribution in [2.45, 2.75) is 46.1 Å². The minimum absolute atomic E-state index is 0.0968. The Morgan fingerprint density at radius 1 is 1.16 bits per heavy atom. The highest BCUT2D eigenvalue weighted by atomic mass is 19.1. The van der Waals surface area contributed by atoms with E-state index in [1.165, 1.54) is 12.1 Å². The van der Waals surface area contributed by atoms with Crippen molar-refractivity contribution in [2.75, 3.05) is 26.3 Å². The molecule has 1 aromatic carbocycles. The lowest BCUT2D eigenvalue weighted by molar-refractivity contribution is -0.144. The molecule has 0 N–H and O–H groups in total. The van der Waals surface area contributed by atoms with E-state index in [2.05, 4.69) is 0 Å². The predicted octanol–water partition coefficient (Wildman–Crippen LogP) is 2.97. The van der Waals surface area contributed by atoms with Crippen molar-refractivity contribution in [1.82, 2.24) is 4.90 Å². The Hall–Kier alpha value is -1.95. The van der Waals surface area contributed by atoms with Crippen molar-refractivity contribution in [3.05, 3.63) is 35.6 Å². The van der Waals surface area contributed by atoms with E-state index in [1.807, 2.05) is 13.8 Å². The molecule has 0 aliphatic carbocycles. The third-order valence-corrected chi connectivity index (χ3v) is 3.54. The highest BCUT2D eigenvalue weighted by Gasteiger charge is 2.16. The largest absolute Gasteiger partial charge is 0.466 e. The highest BCUT2D eigenvalue weighted by molar-refractivity contribution is 5.79. The van der Waals surface area contributed by atoms with Gasteiger partial charge in [0.05, 0.1) is 25.6 Å². The van der Waals surface area contributed by atoms with Gasteiger partial charge in [-0.05, 0) is 44.9 Å². The number of amides is 1. The topological polar surface area (TPSA) is 55.8 Å². The van der Waals surface area contributed by atoms with Crippen LogP contribution in [0.3, 0.4) is 0 Å². The number of hydrogen-bond donors (Lipinski definition) is 0. The van der Waals surface area contributed by atoms with E-state index < -0.39 is 0 Å². The SMILES string of the molecule is CCOC(=O)CCN(CCCOC(C)C)C(=O)Cc1ccc(F)cc1. The quantitative estimate of drug-likeness (QED) is 0.453. The fraction of sp³-hybridized carbons (Fsp3) is 0.579. The van der Waals surface area contributed by atoms with E-state index in [0.29, 0.717) is 32.7 Å². The van der Waals surface area contributed by atoms with Crippen molar-refractivity contribution in [3.8, 4) is 0 Å². The zero-order chi connectivity index (χ0) is 18.7. The van der Waals surface area contributed by atoms with E-state index in [-0.39, 0.29) is 36.6 Å². The van der Waals surface area contributed by atoms with Gasteiger partial charge in [0.25, 0.3) is 0 Å². The van der Waals surface area contributed by atoms with Gasteiger partial charge in [-0.3, -0.25) is 9.59 Å². The lowest BCUT2D eigenvalue weighted by Gasteiger charge is -2.23. The standard InChI is InChI=1S/C19H28FNO4/c1-4-24-19(23)10-12-21(11-5-13-25-15(2)3)18(22)14-16-6-8-17(20)9-7-16/h6-9,15H,4-5,10-14H2,1-3H3. The van der Waals surface area contributed by atoms with Gasteiger partial charge < -0.3 is 14.4 Å². The average Bonchev–Trinajstić information content (AvgIpc) is 2.56. The van der Waals surface area contributed by atoms with E-state index in [4.69, 9.17) is 9.47 Å². The molecule has 0 saturated heterocycles. The van der Waals surface area contributed by atoms with Crippen molar-refractivity contribution < 1.29 is 23.5 Å². The molecule has 25 heavy (non-hydrogen) atoms. The van der Waals surface area contributed by atoms with Crippen LogP contribution in [0, 0.1) is 5.82 Å². The zero-order valence-electron chi connectivity index (χ0n) is 15.3. The molecule has 0 aliphatic rings. The number of rotatable bonds is 11. The minimum atomic E-state index is -0.332. The van der Waals surface area contributed by atoms with Gasteiger partial charge in [0.15, 0.2) is 0 Å². The molecule has 0 radical (unpaired) electrons.